The van der Waals surface area contributed by atoms with Crippen molar-refractivity contribution in [3.63, 3.8) is 0 Å². The van der Waals surface area contributed by atoms with E-state index in [9.17, 15) is 15.2 Å². The van der Waals surface area contributed by atoms with Gasteiger partial charge in [0.15, 0.2) is 5.69 Å². The minimum Gasteiger partial charge on any atom is -0.505 e. The highest BCUT2D eigenvalue weighted by atomic mass is 35.5. The number of benzene rings is 4. The molecular formula is C30H28ClN3O3. The molecule has 0 bridgehead atoms. The van der Waals surface area contributed by atoms with Crippen molar-refractivity contribution in [2.45, 2.75) is 38.5 Å². The van der Waals surface area contributed by atoms with Gasteiger partial charge in [-0.1, -0.05) is 106 Å². The Hall–Kier alpha value is -4.03. The molecule has 0 aliphatic heterocycles. The van der Waals surface area contributed by atoms with Crippen molar-refractivity contribution in [1.29, 1.82) is 0 Å². The summed E-state index contributed by atoms with van der Waals surface area (Å²) in [4.78, 5) is 11.0. The van der Waals surface area contributed by atoms with E-state index in [1.165, 1.54) is 18.2 Å². The molecule has 0 unspecified atom stereocenters. The summed E-state index contributed by atoms with van der Waals surface area (Å²) in [5.41, 5.74) is 2.75. The Morgan fingerprint density at radius 3 is 1.84 bits per heavy atom. The number of nitrogens with zero attached hydrogens (tertiary/aromatic N) is 3. The molecule has 0 aliphatic rings. The van der Waals surface area contributed by atoms with E-state index in [0.717, 1.165) is 16.7 Å². The molecule has 0 atom stereocenters. The maximum absolute atomic E-state index is 11.5. The van der Waals surface area contributed by atoms with Gasteiger partial charge >= 0.3 is 0 Å². The van der Waals surface area contributed by atoms with Gasteiger partial charge in [-0.3, -0.25) is 10.1 Å². The van der Waals surface area contributed by atoms with Crippen LogP contribution in [0.25, 0.3) is 0 Å². The van der Waals surface area contributed by atoms with Crippen LogP contribution in [0.1, 0.15) is 49.9 Å². The number of phenols is 1. The maximum atomic E-state index is 11.5. The van der Waals surface area contributed by atoms with E-state index in [4.69, 9.17) is 11.6 Å². The first kappa shape index (κ1) is 26.0. The molecule has 7 heteroatoms. The molecule has 6 nitrogen and oxygen atoms in total. The Bertz CT molecular complexity index is 1470. The average molecular weight is 514 g/mol. The zero-order chi connectivity index (χ0) is 26.8. The smallest absolute Gasteiger partial charge is 0.298 e. The lowest BCUT2D eigenvalue weighted by atomic mass is 9.72. The third-order valence-electron chi connectivity index (χ3n) is 6.88. The van der Waals surface area contributed by atoms with E-state index < -0.39 is 15.8 Å². The number of halogens is 1. The summed E-state index contributed by atoms with van der Waals surface area (Å²) in [7, 11) is 0. The van der Waals surface area contributed by atoms with E-state index in [-0.39, 0.29) is 27.8 Å². The number of rotatable bonds is 7. The number of hydrogen-bond acceptors (Lipinski definition) is 5. The highest BCUT2D eigenvalue weighted by Gasteiger charge is 2.32. The van der Waals surface area contributed by atoms with E-state index in [2.05, 4.69) is 36.2 Å². The molecule has 0 fully saturated rings. The van der Waals surface area contributed by atoms with Gasteiger partial charge in [-0.2, -0.15) is 0 Å². The van der Waals surface area contributed by atoms with E-state index in [1.807, 2.05) is 68.4 Å². The maximum Gasteiger partial charge on any atom is 0.298 e. The number of phenolic OH excluding ortho intramolecular Hbond substituents is 1. The highest BCUT2D eigenvalue weighted by Crippen LogP contribution is 2.46. The molecule has 1 N–H and O–H groups in total. The van der Waals surface area contributed by atoms with Gasteiger partial charge in [-0.05, 0) is 34.9 Å². The fraction of sp³-hybridized carbons (Fsp3) is 0.200. The van der Waals surface area contributed by atoms with Gasteiger partial charge in [0.2, 0.25) is 0 Å². The molecule has 4 aromatic rings. The zero-order valence-electron chi connectivity index (χ0n) is 21.1. The first-order chi connectivity index (χ1) is 17.5. The molecule has 0 aromatic heterocycles. The second-order valence-electron chi connectivity index (χ2n) is 9.96. The summed E-state index contributed by atoms with van der Waals surface area (Å²) >= 11 is 5.94. The molecule has 0 saturated heterocycles. The summed E-state index contributed by atoms with van der Waals surface area (Å²) < 4.78 is 0. The Labute approximate surface area is 221 Å². The number of aromatic hydroxyl groups is 1. The van der Waals surface area contributed by atoms with Crippen LogP contribution < -0.4 is 0 Å². The van der Waals surface area contributed by atoms with Crippen LogP contribution in [0.5, 0.6) is 5.75 Å². The number of azo groups is 1. The van der Waals surface area contributed by atoms with Gasteiger partial charge < -0.3 is 5.11 Å². The summed E-state index contributed by atoms with van der Waals surface area (Å²) in [5, 5.41) is 31.7. The topological polar surface area (TPSA) is 88.1 Å². The Balaban J connectivity index is 1.92. The number of nitro groups is 1. The SMILES string of the molecule is CC(C)(c1ccccc1)c1cc(/N=N/c2ccc(Cl)cc2[N+](=O)[O-])c(O)c(C(C)(C)c2ccccc2)c1. The highest BCUT2D eigenvalue weighted by molar-refractivity contribution is 6.30. The van der Waals surface area contributed by atoms with Crippen LogP contribution in [-0.2, 0) is 10.8 Å². The molecule has 188 valence electrons. The molecule has 4 aromatic carbocycles. The van der Waals surface area contributed by atoms with Crippen molar-refractivity contribution in [1.82, 2.24) is 0 Å². The van der Waals surface area contributed by atoms with Crippen LogP contribution in [0.4, 0.5) is 17.1 Å². The van der Waals surface area contributed by atoms with Crippen LogP contribution in [0, 0.1) is 10.1 Å². The normalized spacial score (nSPS) is 12.1. The van der Waals surface area contributed by atoms with Crippen LogP contribution in [0.2, 0.25) is 5.02 Å². The molecule has 0 heterocycles. The van der Waals surface area contributed by atoms with E-state index in [1.54, 1.807) is 6.07 Å². The fourth-order valence-electron chi connectivity index (χ4n) is 4.40. The van der Waals surface area contributed by atoms with Crippen molar-refractivity contribution in [2.24, 2.45) is 10.2 Å². The quantitative estimate of drug-likeness (QED) is 0.152. The largest absolute Gasteiger partial charge is 0.505 e. The minimum atomic E-state index is -0.565. The molecule has 37 heavy (non-hydrogen) atoms. The Morgan fingerprint density at radius 1 is 0.730 bits per heavy atom. The van der Waals surface area contributed by atoms with E-state index in [0.29, 0.717) is 5.56 Å². The lowest BCUT2D eigenvalue weighted by molar-refractivity contribution is -0.384. The lowest BCUT2D eigenvalue weighted by Crippen LogP contribution is -2.23. The Kier molecular flexibility index (Phi) is 7.14. The molecular weight excluding hydrogens is 486 g/mol. The third-order valence-corrected chi connectivity index (χ3v) is 7.11. The van der Waals surface area contributed by atoms with Crippen LogP contribution in [0.3, 0.4) is 0 Å². The molecule has 0 aliphatic carbocycles. The van der Waals surface area contributed by atoms with Crippen LogP contribution in [-0.4, -0.2) is 10.0 Å². The molecule has 0 amide bonds. The number of nitro benzene ring substituents is 1. The molecule has 0 spiro atoms. The molecule has 4 rings (SSSR count). The van der Waals surface area contributed by atoms with Gasteiger partial charge in [0, 0.05) is 27.5 Å². The second-order valence-corrected chi connectivity index (χ2v) is 10.4. The molecule has 0 radical (unpaired) electrons. The van der Waals surface area contributed by atoms with Crippen molar-refractivity contribution in [3.05, 3.63) is 128 Å². The minimum absolute atomic E-state index is 0.0261. The van der Waals surface area contributed by atoms with Crippen molar-refractivity contribution in [3.8, 4) is 5.75 Å². The fourth-order valence-corrected chi connectivity index (χ4v) is 4.57. The molecule has 0 saturated carbocycles. The van der Waals surface area contributed by atoms with Gasteiger partial charge in [0.1, 0.15) is 11.4 Å². The average Bonchev–Trinajstić information content (AvgIpc) is 2.89. The summed E-state index contributed by atoms with van der Waals surface area (Å²) in [6.07, 6.45) is 0. The summed E-state index contributed by atoms with van der Waals surface area (Å²) in [5.74, 6) is -0.0261. The number of hydrogen-bond donors (Lipinski definition) is 1. The van der Waals surface area contributed by atoms with Crippen molar-refractivity contribution < 1.29 is 10.0 Å². The van der Waals surface area contributed by atoms with E-state index >= 15 is 0 Å². The van der Waals surface area contributed by atoms with Crippen molar-refractivity contribution >= 4 is 28.7 Å². The van der Waals surface area contributed by atoms with Crippen molar-refractivity contribution in [2.75, 3.05) is 0 Å². The lowest BCUT2D eigenvalue weighted by Gasteiger charge is -2.32. The van der Waals surface area contributed by atoms with Crippen LogP contribution in [0.15, 0.2) is 101 Å². The Morgan fingerprint density at radius 2 is 1.27 bits per heavy atom. The van der Waals surface area contributed by atoms with Gasteiger partial charge in [-0.25, -0.2) is 0 Å². The predicted octanol–water partition coefficient (Wildman–Crippen LogP) is 9.02. The third kappa shape index (κ3) is 5.25. The first-order valence-corrected chi connectivity index (χ1v) is 12.2. The van der Waals surface area contributed by atoms with Gasteiger partial charge in [0.25, 0.3) is 5.69 Å². The predicted molar refractivity (Wildman–Crippen MR) is 148 cm³/mol. The first-order valence-electron chi connectivity index (χ1n) is 11.9. The zero-order valence-corrected chi connectivity index (χ0v) is 21.9. The van der Waals surface area contributed by atoms with Gasteiger partial charge in [-0.15, -0.1) is 10.2 Å². The summed E-state index contributed by atoms with van der Waals surface area (Å²) in [6, 6.07) is 28.0. The monoisotopic (exact) mass is 513 g/mol. The standard InChI is InChI=1S/C30H28ClN3O3/c1-29(2,20-11-7-5-8-12-20)22-17-24(30(3,4)21-13-9-6-10-14-21)28(35)26(18-22)33-32-25-16-15-23(31)19-27(25)34(36)37/h5-19,35H,1-4H3/b33-32+. The van der Waals surface area contributed by atoms with Crippen LogP contribution >= 0.6 is 11.6 Å². The second kappa shape index (κ2) is 10.1. The summed E-state index contributed by atoms with van der Waals surface area (Å²) in [6.45, 7) is 8.31. The van der Waals surface area contributed by atoms with Gasteiger partial charge in [0.05, 0.1) is 4.92 Å².